The van der Waals surface area contributed by atoms with Crippen LogP contribution in [0, 0.1) is 20.2 Å². The molecule has 0 saturated carbocycles. The van der Waals surface area contributed by atoms with Crippen molar-refractivity contribution in [2.45, 2.75) is 6.42 Å². The summed E-state index contributed by atoms with van der Waals surface area (Å²) in [4.78, 5) is 24.0. The highest BCUT2D eigenvalue weighted by molar-refractivity contribution is 5.40. The normalized spacial score (nSPS) is 10.1. The molecule has 0 radical (unpaired) electrons. The summed E-state index contributed by atoms with van der Waals surface area (Å²) in [5.41, 5.74) is 0.953. The maximum atomic E-state index is 10.5. The Morgan fingerprint density at radius 1 is 0.952 bits per heavy atom. The van der Waals surface area contributed by atoms with Gasteiger partial charge < -0.3 is 5.32 Å². The summed E-state index contributed by atoms with van der Waals surface area (Å²) in [5.74, 6) is 0.544. The third-order valence-corrected chi connectivity index (χ3v) is 2.83. The van der Waals surface area contributed by atoms with Crippen LogP contribution in [0.2, 0.25) is 0 Å². The van der Waals surface area contributed by atoms with E-state index in [1.165, 1.54) is 30.5 Å². The Labute approximate surface area is 119 Å². The fourth-order valence-electron chi connectivity index (χ4n) is 1.72. The maximum Gasteiger partial charge on any atom is 0.287 e. The Morgan fingerprint density at radius 2 is 1.57 bits per heavy atom. The molecule has 1 aromatic heterocycles. The average molecular weight is 288 g/mol. The highest BCUT2D eigenvalue weighted by Crippen LogP contribution is 2.14. The van der Waals surface area contributed by atoms with Crippen LogP contribution in [-0.4, -0.2) is 21.4 Å². The van der Waals surface area contributed by atoms with Crippen LogP contribution in [-0.2, 0) is 6.42 Å². The van der Waals surface area contributed by atoms with E-state index in [4.69, 9.17) is 0 Å². The van der Waals surface area contributed by atoms with Gasteiger partial charge in [-0.2, -0.15) is 0 Å². The lowest BCUT2D eigenvalue weighted by atomic mass is 10.1. The second-order valence-corrected chi connectivity index (χ2v) is 4.26. The predicted molar refractivity (Wildman–Crippen MR) is 76.2 cm³/mol. The molecule has 0 unspecified atom stereocenters. The zero-order valence-corrected chi connectivity index (χ0v) is 10.9. The van der Waals surface area contributed by atoms with Gasteiger partial charge in [0.05, 0.1) is 9.85 Å². The van der Waals surface area contributed by atoms with Gasteiger partial charge in [-0.3, -0.25) is 20.2 Å². The molecule has 0 aliphatic rings. The molecular formula is C13H12N4O4. The molecule has 0 aliphatic carbocycles. The Balaban J connectivity index is 1.86. The van der Waals surface area contributed by atoms with Gasteiger partial charge in [0.15, 0.2) is 0 Å². The van der Waals surface area contributed by atoms with Crippen LogP contribution in [0.5, 0.6) is 0 Å². The average Bonchev–Trinajstić information content (AvgIpc) is 2.48. The van der Waals surface area contributed by atoms with Crippen LogP contribution in [0.3, 0.4) is 0 Å². The summed E-state index contributed by atoms with van der Waals surface area (Å²) in [5, 5.41) is 24.0. The Kier molecular flexibility index (Phi) is 4.39. The summed E-state index contributed by atoms with van der Waals surface area (Å²) in [6.45, 7) is 0.572. The number of hydrogen-bond donors (Lipinski definition) is 1. The van der Waals surface area contributed by atoms with Crippen molar-refractivity contribution in [3.05, 3.63) is 68.4 Å². The van der Waals surface area contributed by atoms with E-state index < -0.39 is 9.85 Å². The molecule has 0 bridgehead atoms. The Hall–Kier alpha value is -3.03. The molecule has 1 N–H and O–H groups in total. The summed E-state index contributed by atoms with van der Waals surface area (Å²) in [7, 11) is 0. The predicted octanol–water partition coefficient (Wildman–Crippen LogP) is 2.55. The number of nitrogens with zero attached hydrogens (tertiary/aromatic N) is 3. The smallest absolute Gasteiger partial charge is 0.287 e. The topological polar surface area (TPSA) is 111 Å². The fourth-order valence-corrected chi connectivity index (χ4v) is 1.72. The number of rotatable bonds is 6. The molecular weight excluding hydrogens is 276 g/mol. The number of nitro benzene ring substituents is 1. The van der Waals surface area contributed by atoms with Crippen LogP contribution in [0.25, 0.3) is 0 Å². The minimum atomic E-state index is -0.506. The molecule has 0 amide bonds. The standard InChI is InChI=1S/C13H12N4O4/c18-16(19)11-3-1-10(2-4-11)7-8-14-13-6-5-12(9-15-13)17(20)21/h1-6,9H,7-8H2,(H,14,15). The third kappa shape index (κ3) is 3.96. The molecule has 2 rings (SSSR count). The van der Waals surface area contributed by atoms with Gasteiger partial charge in [0.1, 0.15) is 12.0 Å². The molecule has 2 aromatic rings. The lowest BCUT2D eigenvalue weighted by Gasteiger charge is -2.05. The number of aromatic nitrogens is 1. The van der Waals surface area contributed by atoms with Gasteiger partial charge in [0.25, 0.3) is 11.4 Å². The minimum absolute atomic E-state index is 0.0590. The van der Waals surface area contributed by atoms with E-state index in [1.54, 1.807) is 12.1 Å². The zero-order chi connectivity index (χ0) is 15.2. The summed E-state index contributed by atoms with van der Waals surface area (Å²) in [6, 6.07) is 9.22. The summed E-state index contributed by atoms with van der Waals surface area (Å²) >= 11 is 0. The van der Waals surface area contributed by atoms with Gasteiger partial charge in [-0.25, -0.2) is 4.98 Å². The Bertz CT molecular complexity index is 583. The fraction of sp³-hybridized carbons (Fsp3) is 0.154. The van der Waals surface area contributed by atoms with Gasteiger partial charge in [-0.05, 0) is 18.1 Å². The first-order valence-electron chi connectivity index (χ1n) is 6.14. The van der Waals surface area contributed by atoms with E-state index in [0.717, 1.165) is 5.56 Å². The highest BCUT2D eigenvalue weighted by Gasteiger charge is 2.05. The minimum Gasteiger partial charge on any atom is -0.370 e. The van der Waals surface area contributed by atoms with E-state index in [1.807, 2.05) is 0 Å². The van der Waals surface area contributed by atoms with Crippen molar-refractivity contribution in [1.29, 1.82) is 0 Å². The van der Waals surface area contributed by atoms with Gasteiger partial charge in [-0.1, -0.05) is 12.1 Å². The number of non-ortho nitro benzene ring substituents is 1. The molecule has 108 valence electrons. The lowest BCUT2D eigenvalue weighted by Crippen LogP contribution is -2.06. The molecule has 1 heterocycles. The second kappa shape index (κ2) is 6.42. The number of hydrogen-bond acceptors (Lipinski definition) is 6. The van der Waals surface area contributed by atoms with Gasteiger partial charge in [-0.15, -0.1) is 0 Å². The highest BCUT2D eigenvalue weighted by atomic mass is 16.6. The maximum absolute atomic E-state index is 10.5. The van der Waals surface area contributed by atoms with Crippen molar-refractivity contribution in [2.75, 3.05) is 11.9 Å². The van der Waals surface area contributed by atoms with Crippen LogP contribution in [0.4, 0.5) is 17.2 Å². The first-order chi connectivity index (χ1) is 10.1. The van der Waals surface area contributed by atoms with E-state index in [9.17, 15) is 20.2 Å². The molecule has 8 nitrogen and oxygen atoms in total. The van der Waals surface area contributed by atoms with Crippen LogP contribution in [0.1, 0.15) is 5.56 Å². The first-order valence-corrected chi connectivity index (χ1v) is 6.14. The van der Waals surface area contributed by atoms with E-state index in [-0.39, 0.29) is 11.4 Å². The van der Waals surface area contributed by atoms with E-state index >= 15 is 0 Å². The third-order valence-electron chi connectivity index (χ3n) is 2.83. The zero-order valence-electron chi connectivity index (χ0n) is 10.9. The van der Waals surface area contributed by atoms with Crippen molar-refractivity contribution >= 4 is 17.2 Å². The van der Waals surface area contributed by atoms with Crippen molar-refractivity contribution in [3.8, 4) is 0 Å². The monoisotopic (exact) mass is 288 g/mol. The summed E-state index contributed by atoms with van der Waals surface area (Å²) < 4.78 is 0. The van der Waals surface area contributed by atoms with Crippen LogP contribution < -0.4 is 5.32 Å². The molecule has 1 aromatic carbocycles. The second-order valence-electron chi connectivity index (χ2n) is 4.26. The van der Waals surface area contributed by atoms with Crippen molar-refractivity contribution in [2.24, 2.45) is 0 Å². The Morgan fingerprint density at radius 3 is 2.10 bits per heavy atom. The number of nitro groups is 2. The first kappa shape index (κ1) is 14.4. The molecule has 0 fully saturated rings. The van der Waals surface area contributed by atoms with Gasteiger partial charge in [0.2, 0.25) is 0 Å². The molecule has 0 saturated heterocycles. The SMILES string of the molecule is O=[N+]([O-])c1ccc(CCNc2ccc([N+](=O)[O-])cn2)cc1. The van der Waals surface area contributed by atoms with Gasteiger partial charge >= 0.3 is 0 Å². The number of pyridine rings is 1. The molecule has 8 heteroatoms. The van der Waals surface area contributed by atoms with E-state index in [0.29, 0.717) is 18.8 Å². The van der Waals surface area contributed by atoms with Crippen LogP contribution >= 0.6 is 0 Å². The van der Waals surface area contributed by atoms with Crippen LogP contribution in [0.15, 0.2) is 42.6 Å². The lowest BCUT2D eigenvalue weighted by molar-refractivity contribution is -0.385. The largest absolute Gasteiger partial charge is 0.370 e. The van der Waals surface area contributed by atoms with Crippen molar-refractivity contribution < 1.29 is 9.85 Å². The molecule has 0 spiro atoms. The summed E-state index contributed by atoms with van der Waals surface area (Å²) in [6.07, 6.45) is 1.85. The number of anilines is 1. The molecule has 21 heavy (non-hydrogen) atoms. The van der Waals surface area contributed by atoms with Crippen molar-refractivity contribution in [1.82, 2.24) is 4.98 Å². The quantitative estimate of drug-likeness (QED) is 0.645. The molecule has 0 atom stereocenters. The molecule has 0 aliphatic heterocycles. The number of benzene rings is 1. The van der Waals surface area contributed by atoms with Gasteiger partial charge in [0, 0.05) is 24.7 Å². The van der Waals surface area contributed by atoms with E-state index in [2.05, 4.69) is 10.3 Å². The number of nitrogens with one attached hydrogen (secondary N) is 1. The van der Waals surface area contributed by atoms with Crippen molar-refractivity contribution in [3.63, 3.8) is 0 Å².